The zero-order valence-corrected chi connectivity index (χ0v) is 14.1. The summed E-state index contributed by atoms with van der Waals surface area (Å²) in [6.45, 7) is 6.53. The van der Waals surface area contributed by atoms with Crippen molar-refractivity contribution in [2.45, 2.75) is 26.4 Å². The summed E-state index contributed by atoms with van der Waals surface area (Å²) in [4.78, 5) is 18.1. The Kier molecular flexibility index (Phi) is 4.26. The lowest BCUT2D eigenvalue weighted by atomic mass is 9.91. The predicted molar refractivity (Wildman–Crippen MR) is 93.7 cm³/mol. The molecule has 0 saturated carbocycles. The molecular weight excluding hydrogens is 300 g/mol. The highest BCUT2D eigenvalue weighted by atomic mass is 16.6. The molecule has 122 valence electrons. The third kappa shape index (κ3) is 3.41. The van der Waals surface area contributed by atoms with Gasteiger partial charge < -0.3 is 4.74 Å². The first kappa shape index (κ1) is 16.1. The number of anilines is 1. The highest BCUT2D eigenvalue weighted by Gasteiger charge is 2.39. The van der Waals surface area contributed by atoms with Gasteiger partial charge in [0.15, 0.2) is 0 Å². The van der Waals surface area contributed by atoms with Crippen molar-refractivity contribution in [2.75, 3.05) is 11.4 Å². The molecule has 3 rings (SSSR count). The molecule has 0 bridgehead atoms. The molecule has 1 atom stereocenters. The van der Waals surface area contributed by atoms with Crippen LogP contribution in [0.3, 0.4) is 0 Å². The monoisotopic (exact) mass is 320 g/mol. The molecule has 1 amide bonds. The highest BCUT2D eigenvalue weighted by molar-refractivity contribution is 5.87. The van der Waals surface area contributed by atoms with Gasteiger partial charge in [0, 0.05) is 29.8 Å². The highest BCUT2D eigenvalue weighted by Crippen LogP contribution is 2.30. The van der Waals surface area contributed by atoms with Gasteiger partial charge in [-0.05, 0) is 38.1 Å². The Balaban J connectivity index is 1.76. The SMILES string of the molecule is C[C@H]1CN(c2ccc(C#Cc3ccccc3)cn2)C(=O)OC1(C)C. The van der Waals surface area contributed by atoms with E-state index in [1.807, 2.05) is 50.2 Å². The number of carbonyl (C=O) groups is 1. The maximum absolute atomic E-state index is 12.2. The molecule has 0 aliphatic carbocycles. The molecular formula is C20H20N2O2. The van der Waals surface area contributed by atoms with Crippen molar-refractivity contribution in [1.82, 2.24) is 4.98 Å². The van der Waals surface area contributed by atoms with E-state index in [-0.39, 0.29) is 12.0 Å². The topological polar surface area (TPSA) is 42.4 Å². The average Bonchev–Trinajstić information content (AvgIpc) is 2.57. The van der Waals surface area contributed by atoms with Crippen molar-refractivity contribution >= 4 is 11.9 Å². The van der Waals surface area contributed by atoms with Crippen LogP contribution in [0.25, 0.3) is 0 Å². The molecule has 1 aliphatic rings. The van der Waals surface area contributed by atoms with Gasteiger partial charge in [0.25, 0.3) is 0 Å². The van der Waals surface area contributed by atoms with E-state index in [2.05, 4.69) is 23.7 Å². The Bertz CT molecular complexity index is 786. The van der Waals surface area contributed by atoms with E-state index in [1.54, 1.807) is 17.2 Å². The smallest absolute Gasteiger partial charge is 0.416 e. The zero-order valence-electron chi connectivity index (χ0n) is 14.1. The van der Waals surface area contributed by atoms with Crippen LogP contribution < -0.4 is 4.90 Å². The third-order valence-electron chi connectivity index (χ3n) is 4.36. The predicted octanol–water partition coefficient (Wildman–Crippen LogP) is 3.85. The summed E-state index contributed by atoms with van der Waals surface area (Å²) in [6, 6.07) is 13.5. The summed E-state index contributed by atoms with van der Waals surface area (Å²) >= 11 is 0. The summed E-state index contributed by atoms with van der Waals surface area (Å²) in [5.41, 5.74) is 1.31. The van der Waals surface area contributed by atoms with Gasteiger partial charge in [0.05, 0.1) is 0 Å². The van der Waals surface area contributed by atoms with Crippen LogP contribution in [0.15, 0.2) is 48.7 Å². The molecule has 0 spiro atoms. The van der Waals surface area contributed by atoms with Crippen molar-refractivity contribution in [2.24, 2.45) is 5.92 Å². The zero-order chi connectivity index (χ0) is 17.2. The van der Waals surface area contributed by atoms with Crippen LogP contribution in [0.5, 0.6) is 0 Å². The molecule has 0 N–H and O–H groups in total. The molecule has 0 unspecified atom stereocenters. The minimum atomic E-state index is -0.450. The van der Waals surface area contributed by atoms with Gasteiger partial charge >= 0.3 is 6.09 Å². The Labute approximate surface area is 142 Å². The molecule has 1 aromatic carbocycles. The van der Waals surface area contributed by atoms with Gasteiger partial charge in [0.1, 0.15) is 11.4 Å². The number of rotatable bonds is 1. The summed E-state index contributed by atoms with van der Waals surface area (Å²) in [6.07, 6.45) is 1.33. The number of hydrogen-bond donors (Lipinski definition) is 0. The van der Waals surface area contributed by atoms with Crippen molar-refractivity contribution in [3.05, 3.63) is 59.8 Å². The number of nitrogens with zero attached hydrogens (tertiary/aromatic N) is 2. The summed E-state index contributed by atoms with van der Waals surface area (Å²) in [5.74, 6) is 6.98. The Morgan fingerprint density at radius 3 is 2.50 bits per heavy atom. The second-order valence-electron chi connectivity index (χ2n) is 6.50. The molecule has 4 heteroatoms. The van der Waals surface area contributed by atoms with Crippen molar-refractivity contribution in [3.8, 4) is 11.8 Å². The second-order valence-corrected chi connectivity index (χ2v) is 6.50. The number of hydrogen-bond acceptors (Lipinski definition) is 3. The molecule has 1 aromatic heterocycles. The van der Waals surface area contributed by atoms with Crippen molar-refractivity contribution in [1.29, 1.82) is 0 Å². The van der Waals surface area contributed by atoms with Gasteiger partial charge in [-0.2, -0.15) is 0 Å². The van der Waals surface area contributed by atoms with E-state index in [0.29, 0.717) is 12.4 Å². The standard InChI is InChI=1S/C20H20N2O2/c1-15-14-22(19(23)24-20(15,2)3)18-12-11-17(13-21-18)10-9-16-7-5-4-6-8-16/h4-8,11-13,15H,14H2,1-3H3/t15-/m0/s1. The van der Waals surface area contributed by atoms with E-state index >= 15 is 0 Å². The van der Waals surface area contributed by atoms with Gasteiger partial charge in [-0.25, -0.2) is 9.78 Å². The van der Waals surface area contributed by atoms with Crippen LogP contribution >= 0.6 is 0 Å². The van der Waals surface area contributed by atoms with E-state index in [9.17, 15) is 4.79 Å². The fourth-order valence-corrected chi connectivity index (χ4v) is 2.42. The number of cyclic esters (lactones) is 1. The first-order chi connectivity index (χ1) is 11.5. The summed E-state index contributed by atoms with van der Waals surface area (Å²) in [7, 11) is 0. The summed E-state index contributed by atoms with van der Waals surface area (Å²) < 4.78 is 5.51. The van der Waals surface area contributed by atoms with Crippen LogP contribution in [-0.4, -0.2) is 23.2 Å². The molecule has 2 heterocycles. The quantitative estimate of drug-likeness (QED) is 0.750. The lowest BCUT2D eigenvalue weighted by Crippen LogP contribution is -2.52. The normalized spacial score (nSPS) is 19.2. The van der Waals surface area contributed by atoms with Crippen LogP contribution in [-0.2, 0) is 4.74 Å². The number of carbonyl (C=O) groups excluding carboxylic acids is 1. The third-order valence-corrected chi connectivity index (χ3v) is 4.36. The number of amides is 1. The second kappa shape index (κ2) is 6.37. The first-order valence-electron chi connectivity index (χ1n) is 7.99. The first-order valence-corrected chi connectivity index (χ1v) is 7.99. The minimum Gasteiger partial charge on any atom is -0.443 e. The molecule has 0 radical (unpaired) electrons. The number of benzene rings is 1. The molecule has 4 nitrogen and oxygen atoms in total. The van der Waals surface area contributed by atoms with E-state index in [4.69, 9.17) is 4.74 Å². The van der Waals surface area contributed by atoms with Gasteiger partial charge in [-0.1, -0.05) is 37.0 Å². The average molecular weight is 320 g/mol. The van der Waals surface area contributed by atoms with E-state index < -0.39 is 5.60 Å². The Morgan fingerprint density at radius 1 is 1.12 bits per heavy atom. The van der Waals surface area contributed by atoms with Crippen LogP contribution in [0.1, 0.15) is 31.9 Å². The molecule has 24 heavy (non-hydrogen) atoms. The fourth-order valence-electron chi connectivity index (χ4n) is 2.42. The summed E-state index contributed by atoms with van der Waals surface area (Å²) in [5, 5.41) is 0. The Morgan fingerprint density at radius 2 is 1.83 bits per heavy atom. The minimum absolute atomic E-state index is 0.217. The maximum atomic E-state index is 12.2. The molecule has 1 saturated heterocycles. The Hall–Kier alpha value is -2.80. The lowest BCUT2D eigenvalue weighted by molar-refractivity contribution is -0.0125. The van der Waals surface area contributed by atoms with E-state index in [1.165, 1.54) is 0 Å². The molecule has 2 aromatic rings. The van der Waals surface area contributed by atoms with Crippen LogP contribution in [0.4, 0.5) is 10.6 Å². The van der Waals surface area contributed by atoms with Crippen LogP contribution in [0.2, 0.25) is 0 Å². The van der Waals surface area contributed by atoms with Crippen molar-refractivity contribution < 1.29 is 9.53 Å². The van der Waals surface area contributed by atoms with Crippen molar-refractivity contribution in [3.63, 3.8) is 0 Å². The molecule has 1 aliphatic heterocycles. The van der Waals surface area contributed by atoms with Crippen LogP contribution in [0, 0.1) is 17.8 Å². The largest absolute Gasteiger partial charge is 0.443 e. The van der Waals surface area contributed by atoms with E-state index in [0.717, 1.165) is 11.1 Å². The number of aromatic nitrogens is 1. The number of ether oxygens (including phenoxy) is 1. The number of pyridine rings is 1. The fraction of sp³-hybridized carbons (Fsp3) is 0.300. The lowest BCUT2D eigenvalue weighted by Gasteiger charge is -2.41. The van der Waals surface area contributed by atoms with Gasteiger partial charge in [-0.15, -0.1) is 0 Å². The van der Waals surface area contributed by atoms with Gasteiger partial charge in [-0.3, -0.25) is 4.90 Å². The van der Waals surface area contributed by atoms with Gasteiger partial charge in [0.2, 0.25) is 0 Å². The maximum Gasteiger partial charge on any atom is 0.416 e. The molecule has 1 fully saturated rings.